The third-order valence-electron chi connectivity index (χ3n) is 4.05. The van der Waals surface area contributed by atoms with Crippen LogP contribution in [0.1, 0.15) is 27.6 Å². The first-order valence-electron chi connectivity index (χ1n) is 8.60. The summed E-state index contributed by atoms with van der Waals surface area (Å²) in [5.41, 5.74) is 8.36. The van der Waals surface area contributed by atoms with E-state index < -0.39 is 5.97 Å². The summed E-state index contributed by atoms with van der Waals surface area (Å²) < 4.78 is 6.04. The third-order valence-corrected chi connectivity index (χ3v) is 4.05. The second-order valence-corrected chi connectivity index (χ2v) is 6.11. The minimum atomic E-state index is -0.575. The maximum Gasteiger partial charge on any atom is 0.343 e. The molecule has 1 heterocycles. The fourth-order valence-corrected chi connectivity index (χ4v) is 2.63. The third kappa shape index (κ3) is 4.41. The smallest absolute Gasteiger partial charge is 0.343 e. The molecule has 0 saturated heterocycles. The molecule has 3 aromatic rings. The summed E-state index contributed by atoms with van der Waals surface area (Å²) in [7, 11) is 1.26. The number of nitrogen functional groups attached to an aromatic ring is 1. The molecule has 0 fully saturated rings. The first-order valence-corrected chi connectivity index (χ1v) is 8.60. The predicted molar refractivity (Wildman–Crippen MR) is 108 cm³/mol. The van der Waals surface area contributed by atoms with Crippen molar-refractivity contribution < 1.29 is 19.1 Å². The van der Waals surface area contributed by atoms with E-state index >= 15 is 0 Å². The molecular weight excluding hydrogens is 374 g/mol. The minimum absolute atomic E-state index is 0.147. The van der Waals surface area contributed by atoms with Crippen LogP contribution >= 0.6 is 0 Å². The van der Waals surface area contributed by atoms with E-state index in [0.717, 1.165) is 0 Å². The molecule has 0 unspecified atom stereocenters. The van der Waals surface area contributed by atoms with Gasteiger partial charge in [0, 0.05) is 23.9 Å². The first kappa shape index (κ1) is 19.6. The van der Waals surface area contributed by atoms with Crippen LogP contribution in [0, 0.1) is 0 Å². The topological polar surface area (TPSA) is 128 Å². The summed E-state index contributed by atoms with van der Waals surface area (Å²) in [6.45, 7) is 1.42. The second-order valence-electron chi connectivity index (χ2n) is 6.11. The molecule has 0 spiro atoms. The van der Waals surface area contributed by atoms with Crippen molar-refractivity contribution in [3.8, 4) is 5.69 Å². The summed E-state index contributed by atoms with van der Waals surface area (Å²) in [6.07, 6.45) is 1.33. The van der Waals surface area contributed by atoms with Crippen LogP contribution in [-0.4, -0.2) is 34.7 Å². The number of carbonyl (C=O) groups is 3. The van der Waals surface area contributed by atoms with Crippen LogP contribution in [0.15, 0.2) is 54.7 Å². The standard InChI is InChI=1S/C20H19N5O4/c1-12(26)23-14-5-7-15(8-6-14)24-19(27)13-3-9-16(10-4-13)25-18(21)17(11-22-25)20(28)29-2/h3-11H,21H2,1-2H3,(H,23,26)(H,24,27). The van der Waals surface area contributed by atoms with E-state index in [-0.39, 0.29) is 23.2 Å². The summed E-state index contributed by atoms with van der Waals surface area (Å²) in [6, 6.07) is 13.3. The van der Waals surface area contributed by atoms with Gasteiger partial charge in [-0.1, -0.05) is 0 Å². The van der Waals surface area contributed by atoms with Crippen LogP contribution < -0.4 is 16.4 Å². The average molecular weight is 393 g/mol. The summed E-state index contributed by atoms with van der Waals surface area (Å²) in [5.74, 6) is -0.895. The highest BCUT2D eigenvalue weighted by molar-refractivity contribution is 6.04. The fraction of sp³-hybridized carbons (Fsp3) is 0.100. The summed E-state index contributed by atoms with van der Waals surface area (Å²) in [4.78, 5) is 35.1. The molecule has 2 amide bonds. The van der Waals surface area contributed by atoms with Crippen LogP contribution in [0.25, 0.3) is 5.69 Å². The molecule has 0 bridgehead atoms. The quantitative estimate of drug-likeness (QED) is 0.571. The molecule has 4 N–H and O–H groups in total. The Morgan fingerprint density at radius 1 is 0.966 bits per heavy atom. The maximum absolute atomic E-state index is 12.4. The SMILES string of the molecule is COC(=O)c1cnn(-c2ccc(C(=O)Nc3ccc(NC(C)=O)cc3)cc2)c1N. The van der Waals surface area contributed by atoms with Gasteiger partial charge in [-0.05, 0) is 48.5 Å². The Kier molecular flexibility index (Phi) is 5.59. The van der Waals surface area contributed by atoms with Crippen molar-refractivity contribution >= 4 is 35.0 Å². The summed E-state index contributed by atoms with van der Waals surface area (Å²) in [5, 5.41) is 9.52. The van der Waals surface area contributed by atoms with Gasteiger partial charge in [0.1, 0.15) is 11.4 Å². The number of methoxy groups -OCH3 is 1. The second kappa shape index (κ2) is 8.26. The minimum Gasteiger partial charge on any atom is -0.465 e. The van der Waals surface area contributed by atoms with Gasteiger partial charge in [-0.25, -0.2) is 9.48 Å². The van der Waals surface area contributed by atoms with Gasteiger partial charge >= 0.3 is 5.97 Å². The lowest BCUT2D eigenvalue weighted by atomic mass is 10.2. The lowest BCUT2D eigenvalue weighted by Crippen LogP contribution is -2.12. The van der Waals surface area contributed by atoms with E-state index in [0.29, 0.717) is 22.6 Å². The largest absolute Gasteiger partial charge is 0.465 e. The Morgan fingerprint density at radius 2 is 1.55 bits per heavy atom. The van der Waals surface area contributed by atoms with Gasteiger partial charge < -0.3 is 21.1 Å². The molecule has 0 aliphatic carbocycles. The number of benzene rings is 2. The molecule has 0 atom stereocenters. The van der Waals surface area contributed by atoms with Crippen molar-refractivity contribution in [3.63, 3.8) is 0 Å². The molecule has 0 saturated carbocycles. The van der Waals surface area contributed by atoms with Gasteiger partial charge in [-0.3, -0.25) is 9.59 Å². The van der Waals surface area contributed by atoms with Crippen molar-refractivity contribution in [2.45, 2.75) is 6.92 Å². The number of nitrogens with one attached hydrogen (secondary N) is 2. The number of carbonyl (C=O) groups excluding carboxylic acids is 3. The monoisotopic (exact) mass is 393 g/mol. The van der Waals surface area contributed by atoms with Gasteiger partial charge in [0.15, 0.2) is 0 Å². The molecule has 0 radical (unpaired) electrons. The van der Waals surface area contributed by atoms with Crippen LogP contribution in [0.2, 0.25) is 0 Å². The Morgan fingerprint density at radius 3 is 2.10 bits per heavy atom. The molecule has 3 rings (SSSR count). The van der Waals surface area contributed by atoms with Gasteiger partial charge in [-0.15, -0.1) is 0 Å². The Labute approximate surface area is 166 Å². The van der Waals surface area contributed by atoms with Crippen molar-refractivity contribution in [3.05, 3.63) is 65.9 Å². The molecular formula is C20H19N5O4. The van der Waals surface area contributed by atoms with Gasteiger partial charge in [0.25, 0.3) is 5.91 Å². The number of ether oxygens (including phenoxy) is 1. The number of esters is 1. The molecule has 9 nitrogen and oxygen atoms in total. The number of anilines is 3. The van der Waals surface area contributed by atoms with Crippen molar-refractivity contribution in [1.82, 2.24) is 9.78 Å². The van der Waals surface area contributed by atoms with Crippen LogP contribution in [-0.2, 0) is 9.53 Å². The average Bonchev–Trinajstić information content (AvgIpc) is 3.10. The van der Waals surface area contributed by atoms with E-state index in [1.165, 1.54) is 24.9 Å². The highest BCUT2D eigenvalue weighted by Crippen LogP contribution is 2.19. The van der Waals surface area contributed by atoms with Crippen LogP contribution in [0.3, 0.4) is 0 Å². The van der Waals surface area contributed by atoms with E-state index in [1.807, 2.05) is 0 Å². The van der Waals surface area contributed by atoms with E-state index in [4.69, 9.17) is 5.73 Å². The number of nitrogens with zero attached hydrogens (tertiary/aromatic N) is 2. The molecule has 1 aromatic heterocycles. The number of hydrogen-bond donors (Lipinski definition) is 3. The molecule has 0 aliphatic heterocycles. The van der Waals surface area contributed by atoms with Gasteiger partial charge in [0.05, 0.1) is 19.0 Å². The first-order chi connectivity index (χ1) is 13.9. The zero-order chi connectivity index (χ0) is 21.0. The molecule has 9 heteroatoms. The maximum atomic E-state index is 12.4. The number of hydrogen-bond acceptors (Lipinski definition) is 6. The molecule has 29 heavy (non-hydrogen) atoms. The lowest BCUT2D eigenvalue weighted by Gasteiger charge is -2.08. The van der Waals surface area contributed by atoms with Crippen LogP contribution in [0.5, 0.6) is 0 Å². The van der Waals surface area contributed by atoms with Crippen molar-refractivity contribution in [2.75, 3.05) is 23.5 Å². The molecule has 2 aromatic carbocycles. The summed E-state index contributed by atoms with van der Waals surface area (Å²) >= 11 is 0. The predicted octanol–water partition coefficient (Wildman–Crippen LogP) is 2.45. The number of amides is 2. The van der Waals surface area contributed by atoms with Crippen LogP contribution in [0.4, 0.5) is 17.2 Å². The normalized spacial score (nSPS) is 10.3. The highest BCUT2D eigenvalue weighted by Gasteiger charge is 2.16. The zero-order valence-corrected chi connectivity index (χ0v) is 15.8. The van der Waals surface area contributed by atoms with Gasteiger partial charge in [0.2, 0.25) is 5.91 Å². The number of aromatic nitrogens is 2. The van der Waals surface area contributed by atoms with Crippen molar-refractivity contribution in [2.24, 2.45) is 0 Å². The molecule has 148 valence electrons. The Hall–Kier alpha value is -4.14. The zero-order valence-electron chi connectivity index (χ0n) is 15.8. The Bertz CT molecular complexity index is 1060. The number of nitrogens with two attached hydrogens (primary N) is 1. The number of rotatable bonds is 5. The molecule has 0 aliphatic rings. The van der Waals surface area contributed by atoms with Crippen molar-refractivity contribution in [1.29, 1.82) is 0 Å². The van der Waals surface area contributed by atoms with E-state index in [9.17, 15) is 14.4 Å². The fourth-order valence-electron chi connectivity index (χ4n) is 2.63. The van der Waals surface area contributed by atoms with E-state index in [1.54, 1.807) is 48.5 Å². The highest BCUT2D eigenvalue weighted by atomic mass is 16.5. The van der Waals surface area contributed by atoms with Gasteiger partial charge in [-0.2, -0.15) is 5.10 Å². The lowest BCUT2D eigenvalue weighted by molar-refractivity contribution is -0.114. The van der Waals surface area contributed by atoms with E-state index in [2.05, 4.69) is 20.5 Å². The Balaban J connectivity index is 1.71.